The second kappa shape index (κ2) is 5.48. The largest absolute Gasteiger partial charge is 0.368 e. The van der Waals surface area contributed by atoms with Gasteiger partial charge in [-0.25, -0.2) is 12.7 Å². The molecule has 1 aromatic rings. The number of anilines is 1. The van der Waals surface area contributed by atoms with Gasteiger partial charge in [-0.05, 0) is 18.6 Å². The molecule has 0 unspecified atom stereocenters. The van der Waals surface area contributed by atoms with Crippen LogP contribution in [0, 0.1) is 6.92 Å². The molecule has 5 nitrogen and oxygen atoms in total. The van der Waals surface area contributed by atoms with Crippen molar-refractivity contribution in [2.24, 2.45) is 0 Å². The van der Waals surface area contributed by atoms with Gasteiger partial charge in [0.1, 0.15) is 4.90 Å². The van der Waals surface area contributed by atoms with E-state index in [0.717, 1.165) is 37.4 Å². The van der Waals surface area contributed by atoms with Gasteiger partial charge in [0.2, 0.25) is 10.0 Å². The average Bonchev–Trinajstić information content (AvgIpc) is 2.39. The Morgan fingerprint density at radius 1 is 1.21 bits per heavy atom. The summed E-state index contributed by atoms with van der Waals surface area (Å²) in [6.45, 7) is 5.28. The minimum atomic E-state index is -3.42. The third-order valence-electron chi connectivity index (χ3n) is 3.39. The molecule has 0 bridgehead atoms. The van der Waals surface area contributed by atoms with Crippen molar-refractivity contribution in [1.29, 1.82) is 0 Å². The monoisotopic (exact) mass is 283 g/mol. The van der Waals surface area contributed by atoms with E-state index in [9.17, 15) is 8.42 Å². The smallest absolute Gasteiger partial charge is 0.244 e. The first kappa shape index (κ1) is 14.3. The molecule has 0 amide bonds. The summed E-state index contributed by atoms with van der Waals surface area (Å²) in [5.74, 6) is 0. The van der Waals surface area contributed by atoms with E-state index in [1.165, 1.54) is 4.31 Å². The predicted octanol–water partition coefficient (Wildman–Crippen LogP) is 0.655. The fraction of sp³-hybridized carbons (Fsp3) is 0.538. The van der Waals surface area contributed by atoms with Gasteiger partial charge in [-0.3, -0.25) is 0 Å². The Morgan fingerprint density at radius 3 is 2.42 bits per heavy atom. The first-order valence-electron chi connectivity index (χ1n) is 6.42. The molecule has 0 atom stereocenters. The van der Waals surface area contributed by atoms with Gasteiger partial charge in [0.05, 0.1) is 5.69 Å². The quantitative estimate of drug-likeness (QED) is 0.885. The highest BCUT2D eigenvalue weighted by Crippen LogP contribution is 2.30. The molecule has 2 rings (SSSR count). The topological polar surface area (TPSA) is 52.7 Å². The van der Waals surface area contributed by atoms with Crippen LogP contribution in [-0.2, 0) is 10.0 Å². The SMILES string of the molecule is Cc1cccc(N2CCNCC2)c1S(=O)(=O)N(C)C. The fourth-order valence-corrected chi connectivity index (χ4v) is 3.61. The third-order valence-corrected chi connectivity index (χ3v) is 5.40. The Kier molecular flexibility index (Phi) is 4.13. The summed E-state index contributed by atoms with van der Waals surface area (Å²) in [7, 11) is -0.271. The first-order valence-corrected chi connectivity index (χ1v) is 7.86. The highest BCUT2D eigenvalue weighted by molar-refractivity contribution is 7.89. The van der Waals surface area contributed by atoms with Crippen molar-refractivity contribution in [3.05, 3.63) is 23.8 Å². The van der Waals surface area contributed by atoms with Crippen LogP contribution >= 0.6 is 0 Å². The molecule has 19 heavy (non-hydrogen) atoms. The minimum Gasteiger partial charge on any atom is -0.368 e. The molecule has 0 radical (unpaired) electrons. The minimum absolute atomic E-state index is 0.432. The lowest BCUT2D eigenvalue weighted by Crippen LogP contribution is -2.44. The van der Waals surface area contributed by atoms with Gasteiger partial charge >= 0.3 is 0 Å². The maximum atomic E-state index is 12.5. The van der Waals surface area contributed by atoms with Crippen molar-refractivity contribution < 1.29 is 8.42 Å². The molecule has 1 aromatic carbocycles. The van der Waals surface area contributed by atoms with Gasteiger partial charge in [0.25, 0.3) is 0 Å². The summed E-state index contributed by atoms with van der Waals surface area (Å²) in [6.07, 6.45) is 0. The molecular weight excluding hydrogens is 262 g/mol. The van der Waals surface area contributed by atoms with Crippen LogP contribution in [0.25, 0.3) is 0 Å². The number of piperazine rings is 1. The molecular formula is C13H21N3O2S. The van der Waals surface area contributed by atoms with Crippen molar-refractivity contribution in [1.82, 2.24) is 9.62 Å². The van der Waals surface area contributed by atoms with Gasteiger partial charge in [-0.1, -0.05) is 12.1 Å². The van der Waals surface area contributed by atoms with Gasteiger partial charge in [-0.15, -0.1) is 0 Å². The third kappa shape index (κ3) is 2.75. The van der Waals surface area contributed by atoms with E-state index in [1.54, 1.807) is 14.1 Å². The second-order valence-electron chi connectivity index (χ2n) is 4.95. The Balaban J connectivity index is 2.53. The van der Waals surface area contributed by atoms with Gasteiger partial charge < -0.3 is 10.2 Å². The fourth-order valence-electron chi connectivity index (χ4n) is 2.31. The number of benzene rings is 1. The molecule has 0 saturated carbocycles. The molecule has 106 valence electrons. The lowest BCUT2D eigenvalue weighted by atomic mass is 10.2. The van der Waals surface area contributed by atoms with Crippen LogP contribution in [0.5, 0.6) is 0 Å². The highest BCUT2D eigenvalue weighted by Gasteiger charge is 2.26. The summed E-state index contributed by atoms with van der Waals surface area (Å²) in [6, 6.07) is 5.66. The van der Waals surface area contributed by atoms with Crippen molar-refractivity contribution in [2.45, 2.75) is 11.8 Å². The normalized spacial score (nSPS) is 16.9. The van der Waals surface area contributed by atoms with Gasteiger partial charge in [-0.2, -0.15) is 0 Å². The highest BCUT2D eigenvalue weighted by atomic mass is 32.2. The number of rotatable bonds is 3. The van der Waals surface area contributed by atoms with E-state index in [4.69, 9.17) is 0 Å². The number of aryl methyl sites for hydroxylation is 1. The maximum Gasteiger partial charge on any atom is 0.244 e. The molecule has 1 fully saturated rings. The zero-order valence-corrected chi connectivity index (χ0v) is 12.5. The van der Waals surface area contributed by atoms with Crippen LogP contribution in [0.15, 0.2) is 23.1 Å². The first-order chi connectivity index (χ1) is 8.94. The lowest BCUT2D eigenvalue weighted by Gasteiger charge is -2.32. The second-order valence-corrected chi connectivity index (χ2v) is 7.04. The number of sulfonamides is 1. The van der Waals surface area contributed by atoms with Crippen LogP contribution in [0.2, 0.25) is 0 Å². The van der Waals surface area contributed by atoms with E-state index in [1.807, 2.05) is 25.1 Å². The summed E-state index contributed by atoms with van der Waals surface area (Å²) in [4.78, 5) is 2.57. The molecule has 0 aromatic heterocycles. The number of hydrogen-bond donors (Lipinski definition) is 1. The molecule has 1 N–H and O–H groups in total. The number of nitrogens with zero attached hydrogens (tertiary/aromatic N) is 2. The molecule has 1 heterocycles. The Morgan fingerprint density at radius 2 is 1.84 bits per heavy atom. The summed E-state index contributed by atoms with van der Waals surface area (Å²) < 4.78 is 26.3. The predicted molar refractivity (Wildman–Crippen MR) is 77.1 cm³/mol. The van der Waals surface area contributed by atoms with E-state index in [2.05, 4.69) is 10.2 Å². The Hall–Kier alpha value is -1.11. The van der Waals surface area contributed by atoms with Crippen LogP contribution in [0.1, 0.15) is 5.56 Å². The van der Waals surface area contributed by atoms with Crippen molar-refractivity contribution in [3.8, 4) is 0 Å². The molecule has 1 aliphatic rings. The van der Waals surface area contributed by atoms with Crippen molar-refractivity contribution in [2.75, 3.05) is 45.2 Å². The van der Waals surface area contributed by atoms with E-state index in [-0.39, 0.29) is 0 Å². The Labute approximate surface area is 115 Å². The summed E-state index contributed by atoms with van der Waals surface area (Å²) >= 11 is 0. The molecule has 1 saturated heterocycles. The molecule has 0 spiro atoms. The van der Waals surface area contributed by atoms with Crippen molar-refractivity contribution >= 4 is 15.7 Å². The summed E-state index contributed by atoms with van der Waals surface area (Å²) in [5.41, 5.74) is 1.61. The van der Waals surface area contributed by atoms with Crippen molar-refractivity contribution in [3.63, 3.8) is 0 Å². The Bertz CT molecular complexity index is 549. The van der Waals surface area contributed by atoms with Crippen LogP contribution in [-0.4, -0.2) is 53.0 Å². The van der Waals surface area contributed by atoms with Crippen LogP contribution in [0.4, 0.5) is 5.69 Å². The van der Waals surface area contributed by atoms with Gasteiger partial charge in [0, 0.05) is 40.3 Å². The van der Waals surface area contributed by atoms with E-state index < -0.39 is 10.0 Å². The molecule has 6 heteroatoms. The maximum absolute atomic E-state index is 12.5. The average molecular weight is 283 g/mol. The van der Waals surface area contributed by atoms with E-state index in [0.29, 0.717) is 4.90 Å². The zero-order chi connectivity index (χ0) is 14.0. The number of hydrogen-bond acceptors (Lipinski definition) is 4. The van der Waals surface area contributed by atoms with Crippen LogP contribution in [0.3, 0.4) is 0 Å². The van der Waals surface area contributed by atoms with E-state index >= 15 is 0 Å². The van der Waals surface area contributed by atoms with Crippen LogP contribution < -0.4 is 10.2 Å². The summed E-state index contributed by atoms with van der Waals surface area (Å²) in [5, 5.41) is 3.28. The molecule has 1 aliphatic heterocycles. The lowest BCUT2D eigenvalue weighted by molar-refractivity contribution is 0.518. The van der Waals surface area contributed by atoms with Gasteiger partial charge in [0.15, 0.2) is 0 Å². The zero-order valence-electron chi connectivity index (χ0n) is 11.7. The molecule has 0 aliphatic carbocycles. The standard InChI is InChI=1S/C13H21N3O2S/c1-11-5-4-6-12(16-9-7-14-8-10-16)13(11)19(17,18)15(2)3/h4-6,14H,7-10H2,1-3H3. The number of nitrogens with one attached hydrogen (secondary N) is 1.